The first-order valence-electron chi connectivity index (χ1n) is 12.7. The first-order valence-corrected chi connectivity index (χ1v) is 12.7. The summed E-state index contributed by atoms with van der Waals surface area (Å²) in [5.74, 6) is -0.655. The van der Waals surface area contributed by atoms with Crippen LogP contribution in [0.3, 0.4) is 0 Å². The zero-order valence-electron chi connectivity index (χ0n) is 20.4. The van der Waals surface area contributed by atoms with Gasteiger partial charge in [-0.3, -0.25) is 9.59 Å². The molecule has 0 bridgehead atoms. The fourth-order valence-corrected chi connectivity index (χ4v) is 5.47. The van der Waals surface area contributed by atoms with Gasteiger partial charge in [0.05, 0.1) is 5.52 Å². The molecule has 190 valence electrons. The van der Waals surface area contributed by atoms with Gasteiger partial charge in [0.15, 0.2) is 0 Å². The number of rotatable bonds is 5. The predicted octanol–water partition coefficient (Wildman–Crippen LogP) is 4.60. The van der Waals surface area contributed by atoms with Crippen LogP contribution >= 0.6 is 0 Å². The number of halogens is 2. The van der Waals surface area contributed by atoms with Crippen LogP contribution in [0.1, 0.15) is 40.0 Å². The van der Waals surface area contributed by atoms with E-state index in [-0.39, 0.29) is 29.7 Å². The Morgan fingerprint density at radius 3 is 2.35 bits per heavy atom. The van der Waals surface area contributed by atoms with E-state index in [0.29, 0.717) is 61.1 Å². The number of carbonyl (C=O) groups is 2. The first kappa shape index (κ1) is 23.6. The van der Waals surface area contributed by atoms with Gasteiger partial charge in [-0.1, -0.05) is 18.2 Å². The van der Waals surface area contributed by atoms with Crippen molar-refractivity contribution in [2.24, 2.45) is 0 Å². The second-order valence-electron chi connectivity index (χ2n) is 10.0. The Morgan fingerprint density at radius 1 is 0.838 bits per heavy atom. The molecule has 1 N–H and O–H groups in total. The van der Waals surface area contributed by atoms with Crippen LogP contribution in [0.15, 0.2) is 72.7 Å². The van der Waals surface area contributed by atoms with Crippen LogP contribution in [-0.4, -0.2) is 64.4 Å². The summed E-state index contributed by atoms with van der Waals surface area (Å²) in [6, 6.07) is 14.8. The Hall–Kier alpha value is -3.78. The van der Waals surface area contributed by atoms with Crippen molar-refractivity contribution in [2.75, 3.05) is 26.2 Å². The zero-order valence-corrected chi connectivity index (χ0v) is 20.4. The van der Waals surface area contributed by atoms with Gasteiger partial charge in [0.25, 0.3) is 11.8 Å². The molecule has 37 heavy (non-hydrogen) atoms. The molecule has 1 aliphatic carbocycles. The molecule has 0 spiro atoms. The SMILES string of the molecule is O=C(c1ccc2c(c1)c(F)cn2C1=CC=C(F)CC1)N1CC(N[C@H]2CCN(C(=O)c3ccccc3)C2)C1. The minimum Gasteiger partial charge on any atom is -0.337 e. The molecule has 3 aromatic rings. The van der Waals surface area contributed by atoms with Gasteiger partial charge in [-0.2, -0.15) is 0 Å². The molecule has 0 unspecified atom stereocenters. The van der Waals surface area contributed by atoms with Crippen LogP contribution in [0.25, 0.3) is 16.6 Å². The van der Waals surface area contributed by atoms with E-state index >= 15 is 0 Å². The molecule has 6 rings (SSSR count). The molecule has 0 radical (unpaired) electrons. The number of benzene rings is 2. The van der Waals surface area contributed by atoms with Gasteiger partial charge in [0.2, 0.25) is 0 Å². The fraction of sp³-hybridized carbons (Fsp3) is 0.310. The number of hydrogen-bond acceptors (Lipinski definition) is 3. The molecule has 1 aromatic heterocycles. The predicted molar refractivity (Wildman–Crippen MR) is 138 cm³/mol. The van der Waals surface area contributed by atoms with Gasteiger partial charge in [-0.15, -0.1) is 0 Å². The van der Waals surface area contributed by atoms with E-state index in [1.54, 1.807) is 33.7 Å². The smallest absolute Gasteiger partial charge is 0.253 e. The maximum absolute atomic E-state index is 14.8. The van der Waals surface area contributed by atoms with Gasteiger partial charge >= 0.3 is 0 Å². The van der Waals surface area contributed by atoms with Crippen molar-refractivity contribution in [3.05, 3.63) is 89.7 Å². The second kappa shape index (κ2) is 9.59. The third-order valence-electron chi connectivity index (χ3n) is 7.53. The van der Waals surface area contributed by atoms with Gasteiger partial charge < -0.3 is 19.7 Å². The highest BCUT2D eigenvalue weighted by Gasteiger charge is 2.35. The maximum Gasteiger partial charge on any atom is 0.253 e. The zero-order chi connectivity index (χ0) is 25.5. The lowest BCUT2D eigenvalue weighted by atomic mass is 10.0. The number of allylic oxidation sites excluding steroid dienone is 4. The highest BCUT2D eigenvalue weighted by Crippen LogP contribution is 2.30. The largest absolute Gasteiger partial charge is 0.337 e. The summed E-state index contributed by atoms with van der Waals surface area (Å²) in [5.41, 5.74) is 2.64. The van der Waals surface area contributed by atoms with Crippen molar-refractivity contribution in [3.63, 3.8) is 0 Å². The van der Waals surface area contributed by atoms with E-state index in [1.807, 2.05) is 35.2 Å². The summed E-state index contributed by atoms with van der Waals surface area (Å²) in [4.78, 5) is 29.4. The van der Waals surface area contributed by atoms with Crippen LogP contribution in [-0.2, 0) is 0 Å². The van der Waals surface area contributed by atoms with Crippen LogP contribution < -0.4 is 5.32 Å². The lowest BCUT2D eigenvalue weighted by Crippen LogP contribution is -2.62. The van der Waals surface area contributed by atoms with Gasteiger partial charge in [-0.25, -0.2) is 8.78 Å². The standard InChI is InChI=1S/C29H28F2N4O2/c30-21-7-9-24(10-8-21)35-18-26(31)25-14-20(6-11-27(25)35)29(37)34-16-23(17-34)32-22-12-13-33(15-22)28(36)19-4-2-1-3-5-19/h1-7,9,11,14,18,22-23,32H,8,10,12-13,15-17H2/t22-/m0/s1. The lowest BCUT2D eigenvalue weighted by molar-refractivity contribution is 0.0553. The monoisotopic (exact) mass is 502 g/mol. The number of amides is 2. The number of carbonyl (C=O) groups excluding carboxylic acids is 2. The second-order valence-corrected chi connectivity index (χ2v) is 10.0. The van der Waals surface area contributed by atoms with E-state index in [0.717, 1.165) is 12.1 Å². The molecule has 2 fully saturated rings. The third kappa shape index (κ3) is 4.57. The van der Waals surface area contributed by atoms with E-state index in [1.165, 1.54) is 12.3 Å². The van der Waals surface area contributed by atoms with Gasteiger partial charge in [0, 0.05) is 73.1 Å². The van der Waals surface area contributed by atoms with E-state index in [2.05, 4.69) is 5.32 Å². The Morgan fingerprint density at radius 2 is 1.59 bits per heavy atom. The number of likely N-dealkylation sites (tertiary alicyclic amines) is 2. The topological polar surface area (TPSA) is 57.6 Å². The Kier molecular flexibility index (Phi) is 6.12. The minimum absolute atomic E-state index is 0.0511. The van der Waals surface area contributed by atoms with E-state index in [9.17, 15) is 18.4 Å². The Bertz CT molecular complexity index is 1420. The van der Waals surface area contributed by atoms with E-state index < -0.39 is 5.82 Å². The number of nitrogens with zero attached hydrogens (tertiary/aromatic N) is 3. The fourth-order valence-electron chi connectivity index (χ4n) is 5.47. The molecule has 3 heterocycles. The molecule has 2 aliphatic heterocycles. The number of nitrogens with one attached hydrogen (secondary N) is 1. The highest BCUT2D eigenvalue weighted by molar-refractivity contribution is 5.99. The Balaban J connectivity index is 1.06. The summed E-state index contributed by atoms with van der Waals surface area (Å²) in [6.07, 6.45) is 6.17. The molecular formula is C29H28F2N4O2. The van der Waals surface area contributed by atoms with Crippen molar-refractivity contribution in [1.82, 2.24) is 19.7 Å². The van der Waals surface area contributed by atoms with Crippen molar-refractivity contribution in [1.29, 1.82) is 0 Å². The molecule has 6 nitrogen and oxygen atoms in total. The molecule has 3 aliphatic rings. The molecule has 8 heteroatoms. The quantitative estimate of drug-likeness (QED) is 0.555. The molecule has 1 atom stereocenters. The maximum atomic E-state index is 14.8. The average Bonchev–Trinajstić information content (AvgIpc) is 3.50. The lowest BCUT2D eigenvalue weighted by Gasteiger charge is -2.41. The van der Waals surface area contributed by atoms with Gasteiger partial charge in [0.1, 0.15) is 11.6 Å². The molecule has 0 saturated carbocycles. The van der Waals surface area contributed by atoms with Crippen molar-refractivity contribution in [2.45, 2.75) is 31.3 Å². The number of hydrogen-bond donors (Lipinski definition) is 1. The minimum atomic E-state index is -0.403. The summed E-state index contributed by atoms with van der Waals surface area (Å²) in [5, 5.41) is 3.96. The normalized spacial score (nSPS) is 20.1. The van der Waals surface area contributed by atoms with Gasteiger partial charge in [-0.05, 0) is 55.3 Å². The summed E-state index contributed by atoms with van der Waals surface area (Å²) in [6.45, 7) is 2.53. The third-order valence-corrected chi connectivity index (χ3v) is 7.53. The summed E-state index contributed by atoms with van der Waals surface area (Å²) < 4.78 is 29.9. The van der Waals surface area contributed by atoms with Crippen molar-refractivity contribution in [3.8, 4) is 0 Å². The summed E-state index contributed by atoms with van der Waals surface area (Å²) in [7, 11) is 0. The van der Waals surface area contributed by atoms with Crippen LogP contribution in [0.5, 0.6) is 0 Å². The van der Waals surface area contributed by atoms with Crippen LogP contribution in [0.4, 0.5) is 8.78 Å². The number of aromatic nitrogens is 1. The average molecular weight is 503 g/mol. The van der Waals surface area contributed by atoms with Crippen molar-refractivity contribution < 1.29 is 18.4 Å². The number of fused-ring (bicyclic) bond motifs is 1. The first-order chi connectivity index (χ1) is 18.0. The van der Waals surface area contributed by atoms with Crippen molar-refractivity contribution >= 4 is 28.4 Å². The van der Waals surface area contributed by atoms with E-state index in [4.69, 9.17) is 0 Å². The van der Waals surface area contributed by atoms with Crippen LogP contribution in [0.2, 0.25) is 0 Å². The molecule has 2 amide bonds. The van der Waals surface area contributed by atoms with Crippen LogP contribution in [0, 0.1) is 5.82 Å². The molecule has 2 aromatic carbocycles. The summed E-state index contributed by atoms with van der Waals surface area (Å²) >= 11 is 0. The molecular weight excluding hydrogens is 474 g/mol. The molecule has 2 saturated heterocycles. The highest BCUT2D eigenvalue weighted by atomic mass is 19.1. The Labute approximate surface area is 213 Å².